The van der Waals surface area contributed by atoms with Crippen molar-refractivity contribution in [3.63, 3.8) is 0 Å². The summed E-state index contributed by atoms with van der Waals surface area (Å²) in [6.07, 6.45) is 9.10. The van der Waals surface area contributed by atoms with Gasteiger partial charge in [-0.2, -0.15) is 0 Å². The van der Waals surface area contributed by atoms with E-state index in [1.807, 2.05) is 18.3 Å². The maximum atomic E-state index is 8.80. The molecular formula is C15H20N4OS. The molecule has 1 saturated carbocycles. The van der Waals surface area contributed by atoms with Gasteiger partial charge in [-0.3, -0.25) is 9.55 Å². The smallest absolute Gasteiger partial charge is 0.191 e. The van der Waals surface area contributed by atoms with Crippen molar-refractivity contribution >= 4 is 11.8 Å². The lowest BCUT2D eigenvalue weighted by molar-refractivity contribution is 0.284. The number of unbranched alkanes of at least 4 members (excludes halogenated alkanes) is 2. The van der Waals surface area contributed by atoms with E-state index in [-0.39, 0.29) is 6.61 Å². The number of aromatic nitrogens is 4. The molecule has 0 aromatic carbocycles. The molecule has 1 N–H and O–H groups in total. The van der Waals surface area contributed by atoms with Crippen LogP contribution in [0.3, 0.4) is 0 Å². The number of aliphatic hydroxyl groups excluding tert-OH is 1. The fourth-order valence-electron chi connectivity index (χ4n) is 2.28. The Morgan fingerprint density at radius 2 is 2.14 bits per heavy atom. The number of hydrogen-bond acceptors (Lipinski definition) is 5. The van der Waals surface area contributed by atoms with Gasteiger partial charge in [-0.25, -0.2) is 0 Å². The van der Waals surface area contributed by atoms with Crippen molar-refractivity contribution in [1.29, 1.82) is 0 Å². The molecule has 0 aliphatic heterocycles. The van der Waals surface area contributed by atoms with Crippen LogP contribution in [0.5, 0.6) is 0 Å². The van der Waals surface area contributed by atoms with E-state index in [2.05, 4.69) is 19.7 Å². The Bertz CT molecular complexity index is 568. The van der Waals surface area contributed by atoms with Crippen LogP contribution in [0.4, 0.5) is 0 Å². The summed E-state index contributed by atoms with van der Waals surface area (Å²) in [5, 5.41) is 18.6. The van der Waals surface area contributed by atoms with Crippen molar-refractivity contribution in [3.8, 4) is 11.4 Å². The fraction of sp³-hybridized carbons (Fsp3) is 0.533. The molecule has 1 fully saturated rings. The van der Waals surface area contributed by atoms with E-state index in [0.29, 0.717) is 6.04 Å². The Morgan fingerprint density at radius 3 is 2.86 bits per heavy atom. The van der Waals surface area contributed by atoms with Crippen molar-refractivity contribution in [2.24, 2.45) is 0 Å². The molecule has 2 aromatic rings. The molecule has 2 aromatic heterocycles. The highest BCUT2D eigenvalue weighted by molar-refractivity contribution is 7.99. The maximum Gasteiger partial charge on any atom is 0.191 e. The van der Waals surface area contributed by atoms with E-state index >= 15 is 0 Å². The van der Waals surface area contributed by atoms with Crippen LogP contribution in [-0.2, 0) is 0 Å². The van der Waals surface area contributed by atoms with Gasteiger partial charge in [0.05, 0.1) is 0 Å². The summed E-state index contributed by atoms with van der Waals surface area (Å²) in [6.45, 7) is 0.286. The van der Waals surface area contributed by atoms with Crippen LogP contribution >= 0.6 is 11.8 Å². The lowest BCUT2D eigenvalue weighted by atomic mass is 10.3. The van der Waals surface area contributed by atoms with Gasteiger partial charge in [0.25, 0.3) is 0 Å². The van der Waals surface area contributed by atoms with Crippen molar-refractivity contribution in [2.75, 3.05) is 12.4 Å². The first-order valence-electron chi connectivity index (χ1n) is 7.49. The quantitative estimate of drug-likeness (QED) is 0.600. The van der Waals surface area contributed by atoms with Gasteiger partial charge in [0, 0.05) is 36.4 Å². The van der Waals surface area contributed by atoms with Crippen LogP contribution in [-0.4, -0.2) is 37.2 Å². The van der Waals surface area contributed by atoms with E-state index in [1.165, 1.54) is 12.8 Å². The van der Waals surface area contributed by atoms with Crippen LogP contribution < -0.4 is 0 Å². The van der Waals surface area contributed by atoms with Gasteiger partial charge in [0.2, 0.25) is 0 Å². The first-order valence-corrected chi connectivity index (χ1v) is 8.47. The van der Waals surface area contributed by atoms with E-state index in [9.17, 15) is 0 Å². The zero-order valence-corrected chi connectivity index (χ0v) is 12.8. The number of thioether (sulfide) groups is 1. The van der Waals surface area contributed by atoms with E-state index in [1.54, 1.807) is 18.0 Å². The molecule has 0 radical (unpaired) electrons. The highest BCUT2D eigenvalue weighted by Gasteiger charge is 2.30. The Hall–Kier alpha value is -1.40. The summed E-state index contributed by atoms with van der Waals surface area (Å²) in [4.78, 5) is 4.18. The Labute approximate surface area is 128 Å². The summed E-state index contributed by atoms with van der Waals surface area (Å²) < 4.78 is 2.27. The molecule has 0 amide bonds. The monoisotopic (exact) mass is 304 g/mol. The zero-order valence-electron chi connectivity index (χ0n) is 12.0. The Balaban J connectivity index is 1.71. The fourth-order valence-corrected chi connectivity index (χ4v) is 3.29. The topological polar surface area (TPSA) is 63.8 Å². The van der Waals surface area contributed by atoms with Gasteiger partial charge in [0.1, 0.15) is 0 Å². The first kappa shape index (κ1) is 14.5. The molecule has 0 saturated heterocycles. The number of rotatable bonds is 8. The molecule has 21 heavy (non-hydrogen) atoms. The lowest BCUT2D eigenvalue weighted by Crippen LogP contribution is -2.00. The maximum absolute atomic E-state index is 8.80. The van der Waals surface area contributed by atoms with E-state index < -0.39 is 0 Å². The van der Waals surface area contributed by atoms with Crippen LogP contribution in [0.15, 0.2) is 29.7 Å². The second kappa shape index (κ2) is 7.04. The average molecular weight is 304 g/mol. The molecule has 1 aliphatic rings. The zero-order chi connectivity index (χ0) is 14.5. The molecule has 2 heterocycles. The van der Waals surface area contributed by atoms with E-state index in [0.717, 1.165) is 41.6 Å². The Kier molecular flexibility index (Phi) is 4.87. The van der Waals surface area contributed by atoms with Gasteiger partial charge >= 0.3 is 0 Å². The minimum atomic E-state index is 0.286. The standard InChI is InChI=1S/C15H20N4OS/c20-9-2-1-3-10-21-15-18-17-14(19(15)13-6-7-13)12-5-4-8-16-11-12/h4-5,8,11,13,20H,1-3,6-7,9-10H2. The van der Waals surface area contributed by atoms with Crippen LogP contribution in [0.1, 0.15) is 38.1 Å². The third-order valence-electron chi connectivity index (χ3n) is 3.53. The third kappa shape index (κ3) is 3.63. The number of hydrogen-bond donors (Lipinski definition) is 1. The number of nitrogens with zero attached hydrogens (tertiary/aromatic N) is 4. The molecule has 1 aliphatic carbocycles. The molecule has 5 nitrogen and oxygen atoms in total. The normalized spacial score (nSPS) is 14.5. The largest absolute Gasteiger partial charge is 0.396 e. The highest BCUT2D eigenvalue weighted by Crippen LogP contribution is 2.41. The molecule has 0 spiro atoms. The molecule has 0 unspecified atom stereocenters. The Morgan fingerprint density at radius 1 is 1.24 bits per heavy atom. The predicted octanol–water partition coefficient (Wildman–Crippen LogP) is 2.93. The van der Waals surface area contributed by atoms with Crippen molar-refractivity contribution in [3.05, 3.63) is 24.5 Å². The van der Waals surface area contributed by atoms with Gasteiger partial charge < -0.3 is 5.11 Å². The molecule has 0 bridgehead atoms. The number of aliphatic hydroxyl groups is 1. The molecule has 112 valence electrons. The first-order chi connectivity index (χ1) is 10.4. The van der Waals surface area contributed by atoms with Crippen molar-refractivity contribution in [2.45, 2.75) is 43.3 Å². The second-order valence-corrected chi connectivity index (χ2v) is 6.34. The molecular weight excluding hydrogens is 284 g/mol. The van der Waals surface area contributed by atoms with Crippen LogP contribution in [0, 0.1) is 0 Å². The molecule has 0 atom stereocenters. The van der Waals surface area contributed by atoms with Crippen molar-refractivity contribution < 1.29 is 5.11 Å². The molecule has 6 heteroatoms. The summed E-state index contributed by atoms with van der Waals surface area (Å²) >= 11 is 1.77. The van der Waals surface area contributed by atoms with Gasteiger partial charge in [-0.15, -0.1) is 10.2 Å². The average Bonchev–Trinajstić information content (AvgIpc) is 3.28. The molecule has 3 rings (SSSR count). The third-order valence-corrected chi connectivity index (χ3v) is 4.56. The van der Waals surface area contributed by atoms with Crippen molar-refractivity contribution in [1.82, 2.24) is 19.7 Å². The van der Waals surface area contributed by atoms with Crippen LogP contribution in [0.25, 0.3) is 11.4 Å². The summed E-state index contributed by atoms with van der Waals surface area (Å²) in [7, 11) is 0. The second-order valence-electron chi connectivity index (χ2n) is 5.28. The minimum absolute atomic E-state index is 0.286. The lowest BCUT2D eigenvalue weighted by Gasteiger charge is -2.08. The van der Waals surface area contributed by atoms with Gasteiger partial charge in [-0.05, 0) is 37.8 Å². The minimum Gasteiger partial charge on any atom is -0.396 e. The summed E-state index contributed by atoms with van der Waals surface area (Å²) in [5.41, 5.74) is 1.03. The SMILES string of the molecule is OCCCCCSc1nnc(-c2cccnc2)n1C1CC1. The van der Waals surface area contributed by atoms with E-state index in [4.69, 9.17) is 5.11 Å². The highest BCUT2D eigenvalue weighted by atomic mass is 32.2. The van der Waals surface area contributed by atoms with Gasteiger partial charge in [-0.1, -0.05) is 18.2 Å². The summed E-state index contributed by atoms with van der Waals surface area (Å²) in [6, 6.07) is 4.52. The predicted molar refractivity (Wildman–Crippen MR) is 83.2 cm³/mol. The number of pyridine rings is 1. The van der Waals surface area contributed by atoms with Gasteiger partial charge in [0.15, 0.2) is 11.0 Å². The summed E-state index contributed by atoms with van der Waals surface area (Å²) in [5.74, 6) is 1.96. The van der Waals surface area contributed by atoms with Crippen LogP contribution in [0.2, 0.25) is 0 Å².